The Morgan fingerprint density at radius 3 is 2.56 bits per heavy atom. The number of hydrogen-bond acceptors (Lipinski definition) is 3. The summed E-state index contributed by atoms with van der Waals surface area (Å²) in [4.78, 5) is 17.8. The van der Waals surface area contributed by atoms with Gasteiger partial charge in [-0.05, 0) is 24.3 Å². The number of aromatic nitrogens is 3. The maximum atomic E-state index is 13.2. The van der Waals surface area contributed by atoms with Gasteiger partial charge in [0.2, 0.25) is 0 Å². The van der Waals surface area contributed by atoms with Crippen LogP contribution in [-0.4, -0.2) is 14.0 Å². The van der Waals surface area contributed by atoms with Crippen molar-refractivity contribution in [1.29, 1.82) is 5.26 Å². The summed E-state index contributed by atoms with van der Waals surface area (Å²) in [6, 6.07) is 19.4. The van der Waals surface area contributed by atoms with Gasteiger partial charge in [0.1, 0.15) is 17.3 Å². The first kappa shape index (κ1) is 13.8. The smallest absolute Gasteiger partial charge is 0.266 e. The lowest BCUT2D eigenvalue weighted by Gasteiger charge is -2.06. The molecule has 5 aromatic rings. The number of rotatable bonds is 0. The molecule has 118 valence electrons. The highest BCUT2D eigenvalue weighted by Gasteiger charge is 2.19. The molecule has 5 nitrogen and oxygen atoms in total. The summed E-state index contributed by atoms with van der Waals surface area (Å²) in [7, 11) is 1.87. The highest BCUT2D eigenvalue weighted by molar-refractivity contribution is 5.99. The molecule has 2 aromatic carbocycles. The van der Waals surface area contributed by atoms with Crippen molar-refractivity contribution in [3.8, 4) is 6.07 Å². The number of fused-ring (bicyclic) bond motifs is 5. The first-order valence-corrected chi connectivity index (χ1v) is 7.92. The molecule has 0 atom stereocenters. The third-order valence-electron chi connectivity index (χ3n) is 4.74. The summed E-state index contributed by atoms with van der Waals surface area (Å²) in [6.07, 6.45) is 0. The van der Waals surface area contributed by atoms with Crippen molar-refractivity contribution in [2.45, 2.75) is 0 Å². The van der Waals surface area contributed by atoms with E-state index in [1.165, 1.54) is 0 Å². The molecule has 0 aliphatic heterocycles. The number of hydrogen-bond donors (Lipinski definition) is 0. The molecule has 3 heterocycles. The molecule has 0 bridgehead atoms. The normalized spacial score (nSPS) is 11.5. The monoisotopic (exact) mass is 324 g/mol. The molecule has 25 heavy (non-hydrogen) atoms. The van der Waals surface area contributed by atoms with Gasteiger partial charge in [-0.15, -0.1) is 0 Å². The highest BCUT2D eigenvalue weighted by Crippen LogP contribution is 2.26. The Hall–Kier alpha value is -3.65. The first-order chi connectivity index (χ1) is 12.2. The lowest BCUT2D eigenvalue weighted by molar-refractivity contribution is 0.977. The maximum Gasteiger partial charge on any atom is 0.266 e. The van der Waals surface area contributed by atoms with E-state index in [2.05, 4.69) is 11.1 Å². The van der Waals surface area contributed by atoms with Crippen LogP contribution in [0.2, 0.25) is 0 Å². The van der Waals surface area contributed by atoms with Gasteiger partial charge < -0.3 is 4.57 Å². The Morgan fingerprint density at radius 1 is 1.04 bits per heavy atom. The average Bonchev–Trinajstić information content (AvgIpc) is 2.95. The lowest BCUT2D eigenvalue weighted by Crippen LogP contribution is -2.15. The molecule has 0 N–H and O–H groups in total. The van der Waals surface area contributed by atoms with Crippen LogP contribution in [0.5, 0.6) is 0 Å². The molecule has 0 saturated heterocycles. The van der Waals surface area contributed by atoms with E-state index < -0.39 is 0 Å². The molecule has 3 aromatic heterocycles. The van der Waals surface area contributed by atoms with Gasteiger partial charge in [-0.25, -0.2) is 4.98 Å². The van der Waals surface area contributed by atoms with E-state index in [1.807, 2.05) is 66.2 Å². The second-order valence-corrected chi connectivity index (χ2v) is 6.08. The van der Waals surface area contributed by atoms with Crippen molar-refractivity contribution >= 4 is 38.5 Å². The number of pyridine rings is 2. The number of imidazole rings is 1. The molecule has 0 fully saturated rings. The second kappa shape index (κ2) is 4.68. The average molecular weight is 324 g/mol. The zero-order chi connectivity index (χ0) is 17.1. The van der Waals surface area contributed by atoms with Gasteiger partial charge in [-0.2, -0.15) is 5.26 Å². The second-order valence-electron chi connectivity index (χ2n) is 6.08. The molecular weight excluding hydrogens is 312 g/mol. The SMILES string of the molecule is Cn1c2ccccc2n2c(=O)c3cc4ccccc4nc3c(C#N)c12. The van der Waals surface area contributed by atoms with Crippen LogP contribution in [0.15, 0.2) is 59.4 Å². The van der Waals surface area contributed by atoms with Crippen LogP contribution >= 0.6 is 0 Å². The molecule has 0 radical (unpaired) electrons. The largest absolute Gasteiger partial charge is 0.328 e. The minimum absolute atomic E-state index is 0.154. The van der Waals surface area contributed by atoms with Crippen LogP contribution in [0, 0.1) is 11.3 Å². The van der Waals surface area contributed by atoms with Gasteiger partial charge in [0, 0.05) is 12.4 Å². The fourth-order valence-corrected chi connectivity index (χ4v) is 3.60. The van der Waals surface area contributed by atoms with Crippen LogP contribution in [0.3, 0.4) is 0 Å². The summed E-state index contributed by atoms with van der Waals surface area (Å²) in [6.45, 7) is 0. The first-order valence-electron chi connectivity index (χ1n) is 7.92. The third kappa shape index (κ3) is 1.65. The summed E-state index contributed by atoms with van der Waals surface area (Å²) < 4.78 is 3.50. The molecule has 0 saturated carbocycles. The lowest BCUT2D eigenvalue weighted by atomic mass is 10.1. The van der Waals surface area contributed by atoms with Crippen molar-refractivity contribution in [2.24, 2.45) is 7.05 Å². The predicted molar refractivity (Wildman–Crippen MR) is 97.7 cm³/mol. The Bertz CT molecular complexity index is 1430. The quantitative estimate of drug-likeness (QED) is 0.410. The van der Waals surface area contributed by atoms with Crippen LogP contribution in [-0.2, 0) is 7.05 Å². The minimum atomic E-state index is -0.154. The highest BCUT2D eigenvalue weighted by atomic mass is 16.1. The van der Waals surface area contributed by atoms with Crippen molar-refractivity contribution in [3.05, 3.63) is 70.5 Å². The summed E-state index contributed by atoms with van der Waals surface area (Å²) >= 11 is 0. The van der Waals surface area contributed by atoms with Crippen molar-refractivity contribution in [1.82, 2.24) is 14.0 Å². The topological polar surface area (TPSA) is 63.1 Å². The minimum Gasteiger partial charge on any atom is -0.328 e. The zero-order valence-corrected chi connectivity index (χ0v) is 13.4. The number of nitrogens with zero attached hydrogens (tertiary/aromatic N) is 4. The summed E-state index contributed by atoms with van der Waals surface area (Å²) in [5.74, 6) is 0. The Balaban J connectivity index is 2.18. The summed E-state index contributed by atoms with van der Waals surface area (Å²) in [5, 5.41) is 11.2. The van der Waals surface area contributed by atoms with Crippen molar-refractivity contribution < 1.29 is 0 Å². The van der Waals surface area contributed by atoms with Crippen molar-refractivity contribution in [2.75, 3.05) is 0 Å². The van der Waals surface area contributed by atoms with E-state index in [4.69, 9.17) is 0 Å². The van der Waals surface area contributed by atoms with Gasteiger partial charge in [0.25, 0.3) is 5.56 Å². The fraction of sp³-hybridized carbons (Fsp3) is 0.0500. The van der Waals surface area contributed by atoms with E-state index in [1.54, 1.807) is 4.40 Å². The van der Waals surface area contributed by atoms with E-state index in [0.29, 0.717) is 22.1 Å². The molecule has 0 spiro atoms. The van der Waals surface area contributed by atoms with E-state index in [-0.39, 0.29) is 5.56 Å². The van der Waals surface area contributed by atoms with Crippen LogP contribution in [0.1, 0.15) is 5.56 Å². The fourth-order valence-electron chi connectivity index (χ4n) is 3.60. The van der Waals surface area contributed by atoms with E-state index in [9.17, 15) is 10.1 Å². The van der Waals surface area contributed by atoms with Crippen LogP contribution < -0.4 is 5.56 Å². The maximum absolute atomic E-state index is 13.2. The van der Waals surface area contributed by atoms with Gasteiger partial charge in [-0.3, -0.25) is 9.20 Å². The molecular formula is C20H12N4O. The number of nitriles is 1. The Morgan fingerprint density at radius 2 is 1.76 bits per heavy atom. The molecule has 0 amide bonds. The van der Waals surface area contributed by atoms with Gasteiger partial charge in [0.15, 0.2) is 0 Å². The zero-order valence-electron chi connectivity index (χ0n) is 13.4. The molecule has 5 rings (SSSR count). The molecule has 5 heteroatoms. The van der Waals surface area contributed by atoms with Crippen LogP contribution in [0.4, 0.5) is 0 Å². The molecule has 0 unspecified atom stereocenters. The van der Waals surface area contributed by atoms with Crippen molar-refractivity contribution in [3.63, 3.8) is 0 Å². The Kier molecular flexibility index (Phi) is 2.58. The van der Waals surface area contributed by atoms with Gasteiger partial charge in [-0.1, -0.05) is 30.3 Å². The summed E-state index contributed by atoms with van der Waals surface area (Å²) in [5.41, 5.74) is 3.75. The van der Waals surface area contributed by atoms with E-state index in [0.717, 1.165) is 21.9 Å². The number of para-hydroxylation sites is 3. The Labute approximate surface area is 142 Å². The number of benzene rings is 2. The molecule has 0 aliphatic rings. The van der Waals surface area contributed by atoms with Gasteiger partial charge >= 0.3 is 0 Å². The van der Waals surface area contributed by atoms with E-state index >= 15 is 0 Å². The predicted octanol–water partition coefficient (Wildman–Crippen LogP) is 3.36. The third-order valence-corrected chi connectivity index (χ3v) is 4.74. The number of aryl methyl sites for hydroxylation is 1. The standard InChI is InChI=1S/C20H12N4O/c1-23-16-8-4-5-9-17(16)24-19(23)14(11-21)18-13(20(24)25)10-12-6-2-3-7-15(12)22-18/h2-10H,1H3. The van der Waals surface area contributed by atoms with Gasteiger partial charge in [0.05, 0.1) is 27.5 Å². The van der Waals surface area contributed by atoms with Crippen LogP contribution in [0.25, 0.3) is 38.5 Å². The molecule has 0 aliphatic carbocycles.